The lowest BCUT2D eigenvalue weighted by molar-refractivity contribution is 0.0819. The van der Waals surface area contributed by atoms with Crippen LogP contribution in [0.25, 0.3) is 16.6 Å². The summed E-state index contributed by atoms with van der Waals surface area (Å²) in [4.78, 5) is 28.2. The van der Waals surface area contributed by atoms with Crippen molar-refractivity contribution in [2.45, 2.75) is 20.0 Å². The summed E-state index contributed by atoms with van der Waals surface area (Å²) >= 11 is 0. The molecule has 0 saturated carbocycles. The number of imidazole rings is 1. The number of carbonyl (C=O) groups is 1. The lowest BCUT2D eigenvalue weighted by Gasteiger charge is -2.36. The van der Waals surface area contributed by atoms with Gasteiger partial charge in [0.05, 0.1) is 16.9 Å². The predicted molar refractivity (Wildman–Crippen MR) is 159 cm³/mol. The molecule has 2 aromatic carbocycles. The number of para-hydroxylation sites is 1. The zero-order chi connectivity index (χ0) is 25.5. The van der Waals surface area contributed by atoms with E-state index in [9.17, 15) is 4.79 Å². The second-order valence-corrected chi connectivity index (χ2v) is 10.0. The highest BCUT2D eigenvalue weighted by atomic mass is 35.5. The fourth-order valence-electron chi connectivity index (χ4n) is 5.38. The third kappa shape index (κ3) is 5.41. The number of ether oxygens (including phenoxy) is 1. The molecular weight excluding hydrogens is 535 g/mol. The summed E-state index contributed by atoms with van der Waals surface area (Å²) in [5.74, 6) is 0.791. The summed E-state index contributed by atoms with van der Waals surface area (Å²) in [5.41, 5.74) is 6.79. The lowest BCUT2D eigenvalue weighted by Crippen LogP contribution is -2.47. The van der Waals surface area contributed by atoms with Crippen LogP contribution in [-0.4, -0.2) is 77.1 Å². The number of rotatable bonds is 5. The Kier molecular flexibility index (Phi) is 8.69. The summed E-state index contributed by atoms with van der Waals surface area (Å²) in [6.45, 7) is 7.40. The monoisotopic (exact) mass is 568 g/mol. The molecule has 8 nitrogen and oxygen atoms in total. The van der Waals surface area contributed by atoms with Gasteiger partial charge in [0, 0.05) is 63.6 Å². The van der Waals surface area contributed by atoms with E-state index in [1.165, 1.54) is 16.6 Å². The summed E-state index contributed by atoms with van der Waals surface area (Å²) in [7, 11) is 3.48. The number of anilines is 1. The molecular formula is C29H34Cl2N6O2. The van der Waals surface area contributed by atoms with Gasteiger partial charge in [-0.2, -0.15) is 0 Å². The Labute approximate surface area is 241 Å². The Balaban J connectivity index is 0.00000176. The van der Waals surface area contributed by atoms with Crippen molar-refractivity contribution in [3.05, 3.63) is 77.5 Å². The van der Waals surface area contributed by atoms with Crippen LogP contribution in [0.1, 0.15) is 27.4 Å². The van der Waals surface area contributed by atoms with Gasteiger partial charge in [-0.3, -0.25) is 19.2 Å². The fraction of sp³-hybridized carbons (Fsp3) is 0.345. The Morgan fingerprint density at radius 3 is 2.49 bits per heavy atom. The molecule has 0 spiro atoms. The first-order valence-corrected chi connectivity index (χ1v) is 12.9. The van der Waals surface area contributed by atoms with E-state index in [0.717, 1.165) is 67.5 Å². The molecule has 2 aliphatic rings. The van der Waals surface area contributed by atoms with Crippen molar-refractivity contribution >= 4 is 47.3 Å². The number of pyridine rings is 1. The molecule has 206 valence electrons. The highest BCUT2D eigenvalue weighted by molar-refractivity contribution is 5.93. The van der Waals surface area contributed by atoms with Crippen LogP contribution >= 0.6 is 24.8 Å². The number of fused-ring (bicyclic) bond motifs is 4. The molecule has 0 aliphatic carbocycles. The Morgan fingerprint density at radius 1 is 0.974 bits per heavy atom. The normalized spacial score (nSPS) is 14.5. The molecule has 0 atom stereocenters. The van der Waals surface area contributed by atoms with Gasteiger partial charge in [-0.25, -0.2) is 4.98 Å². The molecule has 6 rings (SSSR count). The molecule has 0 unspecified atom stereocenters. The number of piperazine rings is 1. The number of hydrogen-bond acceptors (Lipinski definition) is 6. The predicted octanol–water partition coefficient (Wildman–Crippen LogP) is 4.53. The van der Waals surface area contributed by atoms with Gasteiger partial charge in [0.15, 0.2) is 5.69 Å². The molecule has 0 radical (unpaired) electrons. The number of nitrogens with zero attached hydrogens (tertiary/aromatic N) is 6. The maximum Gasteiger partial charge on any atom is 0.273 e. The van der Waals surface area contributed by atoms with Crippen molar-refractivity contribution in [2.75, 3.05) is 51.7 Å². The van der Waals surface area contributed by atoms with Crippen molar-refractivity contribution in [1.29, 1.82) is 0 Å². The van der Waals surface area contributed by atoms with Crippen molar-refractivity contribution in [3.63, 3.8) is 0 Å². The molecule has 39 heavy (non-hydrogen) atoms. The van der Waals surface area contributed by atoms with Crippen LogP contribution in [0.15, 0.2) is 54.9 Å². The quantitative estimate of drug-likeness (QED) is 0.352. The number of hydrogen-bond donors (Lipinski definition) is 0. The number of benzene rings is 2. The summed E-state index contributed by atoms with van der Waals surface area (Å²) in [5, 5.41) is 1.23. The van der Waals surface area contributed by atoms with Crippen LogP contribution < -0.4 is 9.64 Å². The molecule has 0 N–H and O–H groups in total. The standard InChI is InChI=1S/C29H32N6O2.2ClH/c1-20-10-11-22-23(31-20)7-5-8-24(22)34-16-14-33(15-17-34)13-12-21-6-4-9-25-28(21)37-18-26-27(29(36)32(2)3)30-19-35(25)26;;/h4-11,19H,12-18H2,1-3H3;2*1H. The van der Waals surface area contributed by atoms with E-state index in [4.69, 9.17) is 9.72 Å². The third-order valence-corrected chi connectivity index (χ3v) is 7.42. The number of aryl methyl sites for hydroxylation is 1. The summed E-state index contributed by atoms with van der Waals surface area (Å²) in [6.07, 6.45) is 2.65. The van der Waals surface area contributed by atoms with Gasteiger partial charge in [0.1, 0.15) is 18.7 Å². The first kappa shape index (κ1) is 28.7. The van der Waals surface area contributed by atoms with Crippen LogP contribution in [-0.2, 0) is 13.0 Å². The van der Waals surface area contributed by atoms with Crippen LogP contribution in [0.5, 0.6) is 5.75 Å². The zero-order valence-corrected chi connectivity index (χ0v) is 24.1. The van der Waals surface area contributed by atoms with Crippen LogP contribution in [0.4, 0.5) is 5.69 Å². The van der Waals surface area contributed by atoms with E-state index in [2.05, 4.69) is 57.2 Å². The summed E-state index contributed by atoms with van der Waals surface area (Å²) < 4.78 is 8.21. The number of amides is 1. The van der Waals surface area contributed by atoms with Crippen molar-refractivity contribution in [1.82, 2.24) is 24.3 Å². The minimum atomic E-state index is -0.106. The maximum atomic E-state index is 12.5. The average Bonchev–Trinajstić information content (AvgIpc) is 3.36. The highest BCUT2D eigenvalue weighted by Crippen LogP contribution is 2.35. The third-order valence-electron chi connectivity index (χ3n) is 7.42. The molecule has 2 aromatic heterocycles. The summed E-state index contributed by atoms with van der Waals surface area (Å²) in [6, 6.07) is 17.0. The Morgan fingerprint density at radius 2 is 1.72 bits per heavy atom. The van der Waals surface area contributed by atoms with Crippen molar-refractivity contribution < 1.29 is 9.53 Å². The fourth-order valence-corrected chi connectivity index (χ4v) is 5.38. The van der Waals surface area contributed by atoms with Gasteiger partial charge in [-0.1, -0.05) is 18.2 Å². The minimum Gasteiger partial charge on any atom is -0.485 e. The minimum absolute atomic E-state index is 0. The molecule has 4 aromatic rings. The van der Waals surface area contributed by atoms with E-state index in [-0.39, 0.29) is 30.7 Å². The topological polar surface area (TPSA) is 66.7 Å². The van der Waals surface area contributed by atoms with Gasteiger partial charge in [-0.15, -0.1) is 24.8 Å². The lowest BCUT2D eigenvalue weighted by atomic mass is 10.1. The van der Waals surface area contributed by atoms with E-state index in [1.807, 2.05) is 17.6 Å². The van der Waals surface area contributed by atoms with E-state index < -0.39 is 0 Å². The molecule has 1 saturated heterocycles. The molecule has 1 fully saturated rings. The van der Waals surface area contributed by atoms with Gasteiger partial charge in [-0.05, 0) is 49.2 Å². The van der Waals surface area contributed by atoms with Crippen molar-refractivity contribution in [2.24, 2.45) is 0 Å². The SMILES string of the molecule is Cc1ccc2c(N3CCN(CCc4cccc5c4OCc4c(C(=O)N(C)C)ncn4-5)CC3)cccc2n1.Cl.Cl. The zero-order valence-electron chi connectivity index (χ0n) is 22.5. The largest absolute Gasteiger partial charge is 0.485 e. The first-order chi connectivity index (χ1) is 18.0. The second-order valence-electron chi connectivity index (χ2n) is 10.0. The second kappa shape index (κ2) is 11.8. The molecule has 4 heterocycles. The molecule has 2 aliphatic heterocycles. The smallest absolute Gasteiger partial charge is 0.273 e. The van der Waals surface area contributed by atoms with E-state index in [0.29, 0.717) is 12.3 Å². The van der Waals surface area contributed by atoms with E-state index >= 15 is 0 Å². The van der Waals surface area contributed by atoms with Crippen molar-refractivity contribution in [3.8, 4) is 11.4 Å². The number of carbonyl (C=O) groups excluding carboxylic acids is 1. The number of halogens is 2. The van der Waals surface area contributed by atoms with Gasteiger partial charge in [0.25, 0.3) is 5.91 Å². The van der Waals surface area contributed by atoms with Crippen LogP contribution in [0, 0.1) is 6.92 Å². The van der Waals surface area contributed by atoms with Crippen LogP contribution in [0.3, 0.4) is 0 Å². The van der Waals surface area contributed by atoms with E-state index in [1.54, 1.807) is 25.3 Å². The molecule has 1 amide bonds. The Hall–Kier alpha value is -3.33. The highest BCUT2D eigenvalue weighted by Gasteiger charge is 2.27. The Bertz CT molecular complexity index is 1480. The van der Waals surface area contributed by atoms with Gasteiger partial charge < -0.3 is 14.5 Å². The average molecular weight is 570 g/mol. The van der Waals surface area contributed by atoms with Crippen LogP contribution in [0.2, 0.25) is 0 Å². The van der Waals surface area contributed by atoms with Gasteiger partial charge >= 0.3 is 0 Å². The van der Waals surface area contributed by atoms with Gasteiger partial charge in [0.2, 0.25) is 0 Å². The number of aromatic nitrogens is 3. The first-order valence-electron chi connectivity index (χ1n) is 12.9. The molecule has 10 heteroatoms. The maximum absolute atomic E-state index is 12.5. The molecule has 0 bridgehead atoms.